The van der Waals surface area contributed by atoms with Gasteiger partial charge in [0.2, 0.25) is 0 Å². The Morgan fingerprint density at radius 2 is 1.32 bits per heavy atom. The molecule has 0 saturated heterocycles. The SMILES string of the molecule is Cl.N[C@@H](CCC(=O)O)C(=O)O.O=C(O)/C=C/C(=O)O. The summed E-state index contributed by atoms with van der Waals surface area (Å²) < 4.78 is 0. The van der Waals surface area contributed by atoms with Crippen molar-refractivity contribution in [3.63, 3.8) is 0 Å². The first-order valence-electron chi connectivity index (χ1n) is 4.51. The van der Waals surface area contributed by atoms with Crippen LogP contribution in [0.5, 0.6) is 0 Å². The van der Waals surface area contributed by atoms with E-state index in [0.29, 0.717) is 12.2 Å². The van der Waals surface area contributed by atoms with Crippen molar-refractivity contribution in [2.45, 2.75) is 18.9 Å². The molecule has 0 aromatic rings. The van der Waals surface area contributed by atoms with Gasteiger partial charge in [0.25, 0.3) is 0 Å². The van der Waals surface area contributed by atoms with Gasteiger partial charge in [-0.1, -0.05) is 0 Å². The third-order valence-electron chi connectivity index (χ3n) is 1.35. The number of carbonyl (C=O) groups is 4. The summed E-state index contributed by atoms with van der Waals surface area (Å²) in [6.07, 6.45) is 0.892. The molecule has 9 nitrogen and oxygen atoms in total. The number of aliphatic carboxylic acids is 4. The lowest BCUT2D eigenvalue weighted by atomic mass is 10.2. The normalized spacial score (nSPS) is 10.6. The molecule has 19 heavy (non-hydrogen) atoms. The van der Waals surface area contributed by atoms with Crippen LogP contribution in [0.3, 0.4) is 0 Å². The third kappa shape index (κ3) is 21.7. The number of hydrogen-bond acceptors (Lipinski definition) is 5. The maximum atomic E-state index is 9.99. The molecule has 0 unspecified atom stereocenters. The van der Waals surface area contributed by atoms with Gasteiger partial charge < -0.3 is 26.2 Å². The van der Waals surface area contributed by atoms with Crippen molar-refractivity contribution in [3.8, 4) is 0 Å². The fourth-order valence-corrected chi connectivity index (χ4v) is 0.545. The summed E-state index contributed by atoms with van der Waals surface area (Å²) in [5.41, 5.74) is 5.00. The van der Waals surface area contributed by atoms with E-state index in [9.17, 15) is 19.2 Å². The lowest BCUT2D eigenvalue weighted by Gasteiger charge is -2.01. The molecule has 0 saturated carbocycles. The van der Waals surface area contributed by atoms with E-state index >= 15 is 0 Å². The number of nitrogens with two attached hydrogens (primary N) is 1. The fraction of sp³-hybridized carbons (Fsp3) is 0.333. The molecule has 6 N–H and O–H groups in total. The molecule has 0 amide bonds. The Hall–Kier alpha value is -2.13. The molecule has 0 bridgehead atoms. The predicted molar refractivity (Wildman–Crippen MR) is 64.1 cm³/mol. The van der Waals surface area contributed by atoms with Gasteiger partial charge in [-0.2, -0.15) is 0 Å². The lowest BCUT2D eigenvalue weighted by Crippen LogP contribution is -2.30. The van der Waals surface area contributed by atoms with E-state index in [2.05, 4.69) is 0 Å². The Morgan fingerprint density at radius 1 is 0.947 bits per heavy atom. The molecular formula is C9H14ClNO8. The van der Waals surface area contributed by atoms with Crippen molar-refractivity contribution < 1.29 is 39.6 Å². The van der Waals surface area contributed by atoms with Crippen LogP contribution in [0.15, 0.2) is 12.2 Å². The minimum absolute atomic E-state index is 0. The van der Waals surface area contributed by atoms with E-state index in [1.165, 1.54) is 0 Å². The van der Waals surface area contributed by atoms with Crippen LogP contribution in [-0.2, 0) is 19.2 Å². The molecular weight excluding hydrogens is 286 g/mol. The second kappa shape index (κ2) is 12.3. The molecule has 0 spiro atoms. The van der Waals surface area contributed by atoms with Gasteiger partial charge in [-0.25, -0.2) is 9.59 Å². The van der Waals surface area contributed by atoms with Crippen LogP contribution in [0.2, 0.25) is 0 Å². The maximum absolute atomic E-state index is 9.99. The molecule has 0 aliphatic heterocycles. The van der Waals surface area contributed by atoms with E-state index in [4.69, 9.17) is 26.2 Å². The zero-order valence-corrected chi connectivity index (χ0v) is 10.4. The summed E-state index contributed by atoms with van der Waals surface area (Å²) in [5, 5.41) is 31.9. The topological polar surface area (TPSA) is 175 Å². The van der Waals surface area contributed by atoms with Crippen LogP contribution in [-0.4, -0.2) is 50.3 Å². The zero-order chi connectivity index (χ0) is 14.7. The summed E-state index contributed by atoms with van der Waals surface area (Å²) in [7, 11) is 0. The van der Waals surface area contributed by atoms with Crippen molar-refractivity contribution in [2.75, 3.05) is 0 Å². The van der Waals surface area contributed by atoms with Crippen molar-refractivity contribution >= 4 is 36.3 Å². The Morgan fingerprint density at radius 3 is 1.53 bits per heavy atom. The molecule has 0 fully saturated rings. The van der Waals surface area contributed by atoms with E-state index < -0.39 is 29.9 Å². The second-order valence-corrected chi connectivity index (χ2v) is 2.89. The summed E-state index contributed by atoms with van der Waals surface area (Å²) in [5.74, 6) is -4.71. The Labute approximate surface area is 113 Å². The number of carboxylic acids is 4. The highest BCUT2D eigenvalue weighted by molar-refractivity contribution is 5.89. The molecule has 0 radical (unpaired) electrons. The van der Waals surface area contributed by atoms with Crippen molar-refractivity contribution in [2.24, 2.45) is 5.73 Å². The first kappa shape index (κ1) is 22.1. The fourth-order valence-electron chi connectivity index (χ4n) is 0.545. The molecule has 0 aromatic carbocycles. The van der Waals surface area contributed by atoms with Crippen molar-refractivity contribution in [1.29, 1.82) is 0 Å². The van der Waals surface area contributed by atoms with Gasteiger partial charge >= 0.3 is 23.9 Å². The van der Waals surface area contributed by atoms with E-state index in [1.807, 2.05) is 0 Å². The van der Waals surface area contributed by atoms with Crippen LogP contribution < -0.4 is 5.73 Å². The Balaban J connectivity index is -0.000000262. The molecule has 110 valence electrons. The molecule has 10 heteroatoms. The van der Waals surface area contributed by atoms with Gasteiger partial charge in [0.1, 0.15) is 6.04 Å². The number of carboxylic acid groups (broad SMARTS) is 4. The van der Waals surface area contributed by atoms with E-state index in [-0.39, 0.29) is 25.2 Å². The van der Waals surface area contributed by atoms with E-state index in [1.54, 1.807) is 0 Å². The highest BCUT2D eigenvalue weighted by atomic mass is 35.5. The number of hydrogen-bond donors (Lipinski definition) is 5. The summed E-state index contributed by atoms with van der Waals surface area (Å²) in [6, 6.07) is -1.06. The highest BCUT2D eigenvalue weighted by Crippen LogP contribution is 1.93. The largest absolute Gasteiger partial charge is 0.481 e. The van der Waals surface area contributed by atoms with Crippen LogP contribution in [0.25, 0.3) is 0 Å². The van der Waals surface area contributed by atoms with Crippen molar-refractivity contribution in [1.82, 2.24) is 0 Å². The first-order chi connectivity index (χ1) is 8.16. The number of halogens is 1. The Bertz CT molecular complexity index is 338. The second-order valence-electron chi connectivity index (χ2n) is 2.89. The molecule has 1 atom stereocenters. The highest BCUT2D eigenvalue weighted by Gasteiger charge is 2.12. The van der Waals surface area contributed by atoms with E-state index in [0.717, 1.165) is 0 Å². The van der Waals surface area contributed by atoms with Gasteiger partial charge in [0.05, 0.1) is 0 Å². The van der Waals surface area contributed by atoms with Gasteiger partial charge in [-0.05, 0) is 6.42 Å². The summed E-state index contributed by atoms with van der Waals surface area (Å²) >= 11 is 0. The molecule has 0 aliphatic rings. The van der Waals surface area contributed by atoms with Crippen LogP contribution in [0.4, 0.5) is 0 Å². The van der Waals surface area contributed by atoms with Gasteiger partial charge in [-0.15, -0.1) is 12.4 Å². The third-order valence-corrected chi connectivity index (χ3v) is 1.35. The molecule has 0 aromatic heterocycles. The van der Waals surface area contributed by atoms with Gasteiger partial charge in [0, 0.05) is 18.6 Å². The summed E-state index contributed by atoms with van der Waals surface area (Å²) in [4.78, 5) is 39.0. The molecule has 0 rings (SSSR count). The zero-order valence-electron chi connectivity index (χ0n) is 9.55. The minimum Gasteiger partial charge on any atom is -0.481 e. The van der Waals surface area contributed by atoms with Crippen molar-refractivity contribution in [3.05, 3.63) is 12.2 Å². The summed E-state index contributed by atoms with van der Waals surface area (Å²) in [6.45, 7) is 0. The average molecular weight is 300 g/mol. The standard InChI is InChI=1S/C5H9NO4.C4H4O4.ClH/c6-3(5(9)10)1-2-4(7)8;5-3(6)1-2-4(7)8;/h3H,1-2,6H2,(H,7,8)(H,9,10);1-2H,(H,5,6)(H,7,8);1H/b;2-1+;/t3-;;/m0../s1. The maximum Gasteiger partial charge on any atom is 0.328 e. The molecule has 0 aliphatic carbocycles. The van der Waals surface area contributed by atoms with Crippen LogP contribution in [0.1, 0.15) is 12.8 Å². The minimum atomic E-state index is -1.26. The Kier molecular flexibility index (Phi) is 14.3. The quantitative estimate of drug-likeness (QED) is 0.401. The van der Waals surface area contributed by atoms with Gasteiger partial charge in [-0.3, -0.25) is 9.59 Å². The first-order valence-corrected chi connectivity index (χ1v) is 4.51. The van der Waals surface area contributed by atoms with Gasteiger partial charge in [0.15, 0.2) is 0 Å². The van der Waals surface area contributed by atoms with Crippen LogP contribution >= 0.6 is 12.4 Å². The smallest absolute Gasteiger partial charge is 0.328 e. The average Bonchev–Trinajstić information content (AvgIpc) is 2.23. The lowest BCUT2D eigenvalue weighted by molar-refractivity contribution is -0.140. The monoisotopic (exact) mass is 299 g/mol. The van der Waals surface area contributed by atoms with Crippen LogP contribution in [0, 0.1) is 0 Å². The number of rotatable bonds is 6. The molecule has 0 heterocycles. The predicted octanol–water partition coefficient (Wildman–Crippen LogP) is -0.603.